The van der Waals surface area contributed by atoms with Crippen molar-refractivity contribution >= 4 is 11.9 Å². The number of carboxylic acid groups (broad SMARTS) is 1. The van der Waals surface area contributed by atoms with E-state index < -0.39 is 24.1 Å². The first-order valence-corrected chi connectivity index (χ1v) is 6.40. The smallest absolute Gasteiger partial charge is 0.336 e. The number of aromatic nitrogens is 2. The minimum atomic E-state index is -1.42. The molecule has 1 aliphatic carbocycles. The molecule has 0 spiro atoms. The normalized spacial score (nSPS) is 19.2. The maximum Gasteiger partial charge on any atom is 0.336 e. The number of carboxylic acids is 1. The fourth-order valence-corrected chi connectivity index (χ4v) is 2.55. The molecule has 8 heteroatoms. The predicted octanol–water partition coefficient (Wildman–Crippen LogP) is 0.781. The number of aliphatic hydroxyl groups excluding tert-OH is 2. The first-order valence-electron chi connectivity index (χ1n) is 6.40. The molecule has 0 saturated heterocycles. The lowest BCUT2D eigenvalue weighted by molar-refractivity contribution is -0.132. The topological polar surface area (TPSA) is 133 Å². The molecule has 1 aliphatic rings. The van der Waals surface area contributed by atoms with Crippen LogP contribution in [0.3, 0.4) is 0 Å². The van der Waals surface area contributed by atoms with Gasteiger partial charge in [0.1, 0.15) is 12.2 Å². The first-order chi connectivity index (χ1) is 10.4. The summed E-state index contributed by atoms with van der Waals surface area (Å²) < 4.78 is 4.81. The molecule has 2 heterocycles. The number of esters is 1. The van der Waals surface area contributed by atoms with Gasteiger partial charge in [-0.25, -0.2) is 9.78 Å². The molecule has 0 fully saturated rings. The van der Waals surface area contributed by atoms with Crippen LogP contribution in [-0.4, -0.2) is 37.2 Å². The van der Waals surface area contributed by atoms with Crippen LogP contribution in [0.1, 0.15) is 40.7 Å². The van der Waals surface area contributed by atoms with Crippen molar-refractivity contribution in [3.05, 3.63) is 35.2 Å². The van der Waals surface area contributed by atoms with Gasteiger partial charge >= 0.3 is 11.9 Å². The maximum atomic E-state index is 11.5. The molecule has 0 saturated carbocycles. The Morgan fingerprint density at radius 3 is 2.68 bits per heavy atom. The molecule has 0 radical (unpaired) electrons. The van der Waals surface area contributed by atoms with Gasteiger partial charge in [0.05, 0.1) is 17.0 Å². The van der Waals surface area contributed by atoms with Crippen molar-refractivity contribution in [3.63, 3.8) is 0 Å². The van der Waals surface area contributed by atoms with Crippen LogP contribution in [0.2, 0.25) is 0 Å². The maximum absolute atomic E-state index is 11.5. The number of pyridine rings is 1. The van der Waals surface area contributed by atoms with Crippen molar-refractivity contribution in [2.45, 2.75) is 19.1 Å². The summed E-state index contributed by atoms with van der Waals surface area (Å²) in [6.45, 7) is 1.15. The number of nitrogens with one attached hydrogen (secondary N) is 1. The molecule has 0 aliphatic heterocycles. The van der Waals surface area contributed by atoms with E-state index in [1.54, 1.807) is 6.07 Å². The van der Waals surface area contributed by atoms with E-state index >= 15 is 0 Å². The number of rotatable bonds is 2. The summed E-state index contributed by atoms with van der Waals surface area (Å²) in [5, 5.41) is 29.7. The van der Waals surface area contributed by atoms with Crippen molar-refractivity contribution in [1.29, 1.82) is 0 Å². The lowest BCUT2D eigenvalue weighted by Crippen LogP contribution is -2.21. The fourth-order valence-electron chi connectivity index (χ4n) is 2.55. The number of H-pyrrole nitrogens is 1. The Hall–Kier alpha value is -2.71. The van der Waals surface area contributed by atoms with E-state index in [0.717, 1.165) is 13.0 Å². The van der Waals surface area contributed by atoms with Crippen LogP contribution in [0.4, 0.5) is 0 Å². The third kappa shape index (κ3) is 2.05. The van der Waals surface area contributed by atoms with E-state index in [1.165, 1.54) is 6.20 Å². The van der Waals surface area contributed by atoms with Gasteiger partial charge in [-0.3, -0.25) is 4.79 Å². The number of aromatic amines is 1. The third-order valence-corrected chi connectivity index (χ3v) is 3.43. The van der Waals surface area contributed by atoms with Crippen molar-refractivity contribution in [2.75, 3.05) is 0 Å². The zero-order valence-electron chi connectivity index (χ0n) is 11.4. The molecule has 2 aromatic rings. The molecule has 0 aromatic carbocycles. The first kappa shape index (κ1) is 14.2. The second-order valence-electron chi connectivity index (χ2n) is 4.86. The van der Waals surface area contributed by atoms with Crippen LogP contribution < -0.4 is 4.74 Å². The summed E-state index contributed by atoms with van der Waals surface area (Å²) in [4.78, 5) is 29.4. The summed E-state index contributed by atoms with van der Waals surface area (Å²) in [5.41, 5.74) is 0.673. The van der Waals surface area contributed by atoms with Crippen molar-refractivity contribution in [3.8, 4) is 17.1 Å². The van der Waals surface area contributed by atoms with Crippen LogP contribution in [-0.2, 0) is 4.79 Å². The highest BCUT2D eigenvalue weighted by molar-refractivity contribution is 5.97. The van der Waals surface area contributed by atoms with Crippen LogP contribution >= 0.6 is 0 Å². The minimum Gasteiger partial charge on any atom is -0.478 e. The summed E-state index contributed by atoms with van der Waals surface area (Å²) in [5.74, 6) is -2.18. The van der Waals surface area contributed by atoms with Crippen molar-refractivity contribution < 1.29 is 29.6 Å². The molecule has 2 atom stereocenters. The minimum absolute atomic E-state index is 0.0569. The number of ether oxygens (including phenoxy) is 1. The van der Waals surface area contributed by atoms with Gasteiger partial charge in [0.15, 0.2) is 0 Å². The molecule has 0 amide bonds. The molecule has 2 unspecified atom stereocenters. The lowest BCUT2D eigenvalue weighted by atomic mass is 9.87. The van der Waals surface area contributed by atoms with E-state index in [-0.39, 0.29) is 22.7 Å². The molecular formula is C14H12N2O6. The highest BCUT2D eigenvalue weighted by Crippen LogP contribution is 2.45. The predicted molar refractivity (Wildman–Crippen MR) is 72.2 cm³/mol. The van der Waals surface area contributed by atoms with Crippen LogP contribution in [0, 0.1) is 0 Å². The van der Waals surface area contributed by atoms with Crippen LogP contribution in [0.15, 0.2) is 18.3 Å². The number of aromatic carboxylic acids is 1. The fraction of sp³-hybridized carbons (Fsp3) is 0.214. The SMILES string of the molecule is CC(=O)Oc1cc(C(=O)O)c2c(n1)C(O)C(O)c1cc[nH]c1-2. The third-order valence-electron chi connectivity index (χ3n) is 3.43. The Morgan fingerprint density at radius 2 is 2.05 bits per heavy atom. The van der Waals surface area contributed by atoms with Crippen molar-refractivity contribution in [1.82, 2.24) is 9.97 Å². The van der Waals surface area contributed by atoms with Gasteiger partial charge in [0, 0.05) is 30.3 Å². The lowest BCUT2D eigenvalue weighted by Gasteiger charge is -2.27. The van der Waals surface area contributed by atoms with E-state index in [2.05, 4.69) is 9.97 Å². The molecule has 0 bridgehead atoms. The quantitative estimate of drug-likeness (QED) is 0.602. The highest BCUT2D eigenvalue weighted by atomic mass is 16.5. The highest BCUT2D eigenvalue weighted by Gasteiger charge is 2.36. The molecule has 4 N–H and O–H groups in total. The summed E-state index contributed by atoms with van der Waals surface area (Å²) in [6, 6.07) is 2.66. The number of carbonyl (C=O) groups is 2. The standard InChI is InChI=1S/C14H12N2O6/c1-5(17)22-8-4-7(14(20)21)9-10-6(2-3-15-10)12(18)13(19)11(9)16-8/h2-4,12-13,15,18-19H,1H3,(H,20,21). The number of fused-ring (bicyclic) bond motifs is 3. The van der Waals surface area contributed by atoms with Gasteiger partial charge in [-0.2, -0.15) is 0 Å². The number of hydrogen-bond acceptors (Lipinski definition) is 6. The second kappa shape index (κ2) is 4.93. The van der Waals surface area contributed by atoms with Gasteiger partial charge in [-0.15, -0.1) is 0 Å². The van der Waals surface area contributed by atoms with Gasteiger partial charge in [-0.05, 0) is 6.07 Å². The average molecular weight is 304 g/mol. The summed E-state index contributed by atoms with van der Waals surface area (Å²) in [6.07, 6.45) is -1.15. The number of hydrogen-bond donors (Lipinski definition) is 4. The largest absolute Gasteiger partial charge is 0.478 e. The van der Waals surface area contributed by atoms with Crippen LogP contribution in [0.25, 0.3) is 11.3 Å². The van der Waals surface area contributed by atoms with Crippen molar-refractivity contribution in [2.24, 2.45) is 0 Å². The van der Waals surface area contributed by atoms with E-state index in [1.807, 2.05) is 0 Å². The van der Waals surface area contributed by atoms with Gasteiger partial charge in [0.2, 0.25) is 5.88 Å². The number of carbonyl (C=O) groups excluding carboxylic acids is 1. The zero-order valence-corrected chi connectivity index (χ0v) is 11.4. The summed E-state index contributed by atoms with van der Waals surface area (Å²) >= 11 is 0. The van der Waals surface area contributed by atoms with E-state index in [4.69, 9.17) is 4.74 Å². The molecular weight excluding hydrogens is 292 g/mol. The summed E-state index contributed by atoms with van der Waals surface area (Å²) in [7, 11) is 0. The van der Waals surface area contributed by atoms with Gasteiger partial charge in [0.25, 0.3) is 0 Å². The Balaban J connectivity index is 2.29. The number of nitrogens with zero attached hydrogens (tertiary/aromatic N) is 1. The van der Waals surface area contributed by atoms with Gasteiger partial charge < -0.3 is 25.0 Å². The molecule has 22 heavy (non-hydrogen) atoms. The Kier molecular flexibility index (Phi) is 3.19. The number of aliphatic hydroxyl groups is 2. The van der Waals surface area contributed by atoms with Crippen LogP contribution in [0.5, 0.6) is 5.88 Å². The van der Waals surface area contributed by atoms with E-state index in [9.17, 15) is 24.9 Å². The monoisotopic (exact) mass is 304 g/mol. The van der Waals surface area contributed by atoms with E-state index in [0.29, 0.717) is 11.3 Å². The Morgan fingerprint density at radius 1 is 1.32 bits per heavy atom. The second-order valence-corrected chi connectivity index (χ2v) is 4.86. The van der Waals surface area contributed by atoms with Gasteiger partial charge in [-0.1, -0.05) is 0 Å². The molecule has 114 valence electrons. The Bertz CT molecular complexity index is 782. The molecule has 3 rings (SSSR count). The molecule has 2 aromatic heterocycles. The Labute approximate surface area is 124 Å². The molecule has 8 nitrogen and oxygen atoms in total. The average Bonchev–Trinajstić information content (AvgIpc) is 2.92. The zero-order chi connectivity index (χ0) is 16.0.